The first-order chi connectivity index (χ1) is 41.3. The van der Waals surface area contributed by atoms with Gasteiger partial charge in [-0.15, -0.1) is 0 Å². The molecule has 20 heteroatoms. The fourth-order valence-electron chi connectivity index (χ4n) is 9.43. The van der Waals surface area contributed by atoms with Crippen LogP contribution in [0.3, 0.4) is 0 Å². The van der Waals surface area contributed by atoms with E-state index < -0.39 is 0 Å². The number of nitrogens with zero attached hydrogens (tertiary/aromatic N) is 12. The average Bonchev–Trinajstić information content (AvgIpc) is 2.06. The molecule has 0 aliphatic carbocycles. The highest BCUT2D eigenvalue weighted by molar-refractivity contribution is 6.31. The zero-order chi connectivity index (χ0) is 60.9. The van der Waals surface area contributed by atoms with Crippen molar-refractivity contribution in [3.63, 3.8) is 0 Å². The number of piperazine rings is 2. The second kappa shape index (κ2) is 28.2. The number of carbonyl (C=O) groups excluding carboxylic acids is 3. The number of hydrogen-bond acceptors (Lipinski definition) is 15. The van der Waals surface area contributed by atoms with Gasteiger partial charge < -0.3 is 35.6 Å². The summed E-state index contributed by atoms with van der Waals surface area (Å²) < 4.78 is 0. The van der Waals surface area contributed by atoms with Crippen LogP contribution >= 0.6 is 23.2 Å². The van der Waals surface area contributed by atoms with E-state index in [1.54, 1.807) is 56.7 Å². The predicted octanol–water partition coefficient (Wildman–Crippen LogP) is 12.0. The van der Waals surface area contributed by atoms with Crippen LogP contribution in [0.1, 0.15) is 74.8 Å². The van der Waals surface area contributed by atoms with E-state index in [4.69, 9.17) is 23.2 Å². The first-order valence-corrected chi connectivity index (χ1v) is 29.0. The molecule has 8 heterocycles. The standard InChI is InChI=1S/C23H25ClN6O.C22H23ClN6O.C21H21N3O/c1-15-21(4-5-22(27-15)28-23(31)18-13-25-16(2)26-14-18)17-10-19(24)12-20(11-17)30-8-6-29(3)7-9-30;1-15-24-13-18(14-25-15)22(30)27-21-4-3-16(12-26-21)17-9-19(23)11-20(10-17)29-7-5-28(2)6-8-29;1-21(2,3)18-8-4-6-15(12-18)16-9-10-19(23-14-16)24-20(25)17-7-5-11-22-13-17/h4-5,10-14H,6-9H2,1-3H3,(H,27,28,31);3-4,9-14H,5-8H2,1-2H3,(H,26,27,30);4-14H,1-3H3,(H,23,24,25). The fraction of sp³-hybridized carbons (Fsp3) is 0.258. The molecule has 86 heavy (non-hydrogen) atoms. The lowest BCUT2D eigenvalue weighted by Gasteiger charge is -2.34. The minimum Gasteiger partial charge on any atom is -0.369 e. The van der Waals surface area contributed by atoms with Crippen LogP contribution in [-0.2, 0) is 5.41 Å². The third-order valence-corrected chi connectivity index (χ3v) is 15.0. The Hall–Kier alpha value is -9.07. The van der Waals surface area contributed by atoms with Crippen molar-refractivity contribution in [2.75, 3.05) is 92.2 Å². The van der Waals surface area contributed by atoms with E-state index in [2.05, 4.69) is 147 Å². The monoisotopic (exact) mass is 1190 g/mol. The first kappa shape index (κ1) is 61.5. The third-order valence-electron chi connectivity index (χ3n) is 14.6. The van der Waals surface area contributed by atoms with E-state index in [1.165, 1.54) is 36.5 Å². The lowest BCUT2D eigenvalue weighted by Crippen LogP contribution is -2.44. The zero-order valence-electron chi connectivity index (χ0n) is 49.5. The topological polar surface area (TPSA) is 203 Å². The molecule has 0 saturated carbocycles. The molecule has 3 aromatic carbocycles. The van der Waals surface area contributed by atoms with E-state index in [0.29, 0.717) is 55.8 Å². The molecular formula is C66H69Cl2N15O3. The van der Waals surface area contributed by atoms with Crippen LogP contribution in [0.15, 0.2) is 159 Å². The van der Waals surface area contributed by atoms with E-state index in [-0.39, 0.29) is 23.1 Å². The van der Waals surface area contributed by atoms with Gasteiger partial charge in [0.1, 0.15) is 29.1 Å². The number of carbonyl (C=O) groups is 3. The molecular weight excluding hydrogens is 1120 g/mol. The van der Waals surface area contributed by atoms with Crippen LogP contribution in [0.2, 0.25) is 10.0 Å². The Kier molecular flexibility index (Phi) is 20.2. The number of anilines is 5. The molecule has 18 nitrogen and oxygen atoms in total. The highest BCUT2D eigenvalue weighted by Gasteiger charge is 2.20. The molecule has 0 bridgehead atoms. The Labute approximate surface area is 512 Å². The molecule has 440 valence electrons. The van der Waals surface area contributed by atoms with Gasteiger partial charge in [-0.1, -0.05) is 68.2 Å². The van der Waals surface area contributed by atoms with Crippen LogP contribution in [0.5, 0.6) is 0 Å². The number of likely N-dealkylation sites (N-methyl/N-ethyl adjacent to an activating group) is 2. The number of aryl methyl sites for hydroxylation is 3. The van der Waals surface area contributed by atoms with Gasteiger partial charge in [0.15, 0.2) is 0 Å². The van der Waals surface area contributed by atoms with Crippen LogP contribution < -0.4 is 25.8 Å². The fourth-order valence-corrected chi connectivity index (χ4v) is 9.88. The Balaban J connectivity index is 0.000000155. The first-order valence-electron chi connectivity index (χ1n) is 28.2. The molecule has 2 aliphatic heterocycles. The van der Waals surface area contributed by atoms with Gasteiger partial charge in [0.25, 0.3) is 17.7 Å². The number of pyridine rings is 4. The van der Waals surface area contributed by atoms with Crippen LogP contribution in [-0.4, -0.2) is 134 Å². The van der Waals surface area contributed by atoms with Crippen molar-refractivity contribution in [2.45, 2.75) is 47.0 Å². The van der Waals surface area contributed by atoms with Gasteiger partial charge in [-0.25, -0.2) is 34.9 Å². The maximum Gasteiger partial charge on any atom is 0.259 e. The van der Waals surface area contributed by atoms with E-state index >= 15 is 0 Å². The molecule has 0 radical (unpaired) electrons. The Morgan fingerprint density at radius 2 is 0.930 bits per heavy atom. The Morgan fingerprint density at radius 1 is 0.453 bits per heavy atom. The normalized spacial score (nSPS) is 13.6. The number of benzene rings is 3. The minimum atomic E-state index is -0.296. The average molecular weight is 1190 g/mol. The largest absolute Gasteiger partial charge is 0.369 e. The molecule has 0 unspecified atom stereocenters. The molecule has 2 fully saturated rings. The van der Waals surface area contributed by atoms with Gasteiger partial charge in [-0.05, 0) is 147 Å². The van der Waals surface area contributed by atoms with Crippen LogP contribution in [0.4, 0.5) is 28.8 Å². The molecule has 9 aromatic rings. The van der Waals surface area contributed by atoms with Crippen LogP contribution in [0.25, 0.3) is 33.4 Å². The molecule has 2 saturated heterocycles. The molecule has 3 amide bonds. The van der Waals surface area contributed by atoms with Gasteiger partial charge in [-0.3, -0.25) is 19.4 Å². The Morgan fingerprint density at radius 3 is 1.41 bits per heavy atom. The number of halogens is 2. The van der Waals surface area contributed by atoms with Crippen molar-refractivity contribution in [2.24, 2.45) is 0 Å². The van der Waals surface area contributed by atoms with Crippen molar-refractivity contribution in [3.05, 3.63) is 208 Å². The molecule has 11 rings (SSSR count). The predicted molar refractivity (Wildman–Crippen MR) is 344 cm³/mol. The molecule has 0 spiro atoms. The van der Waals surface area contributed by atoms with Gasteiger partial charge in [0.2, 0.25) is 0 Å². The third kappa shape index (κ3) is 16.8. The second-order valence-electron chi connectivity index (χ2n) is 22.1. The van der Waals surface area contributed by atoms with E-state index in [0.717, 1.165) is 103 Å². The van der Waals surface area contributed by atoms with Gasteiger partial charge >= 0.3 is 0 Å². The number of rotatable bonds is 11. The summed E-state index contributed by atoms with van der Waals surface area (Å²) in [6.07, 6.45) is 12.7. The summed E-state index contributed by atoms with van der Waals surface area (Å²) in [6.45, 7) is 20.1. The summed E-state index contributed by atoms with van der Waals surface area (Å²) in [5.41, 5.74) is 11.8. The summed E-state index contributed by atoms with van der Waals surface area (Å²) in [7, 11) is 4.28. The highest BCUT2D eigenvalue weighted by atomic mass is 35.5. The summed E-state index contributed by atoms with van der Waals surface area (Å²) in [5.74, 6) is 1.89. The van der Waals surface area contributed by atoms with Crippen molar-refractivity contribution >= 4 is 69.8 Å². The number of amides is 3. The summed E-state index contributed by atoms with van der Waals surface area (Å²) in [6, 6.07) is 35.3. The van der Waals surface area contributed by atoms with Crippen molar-refractivity contribution in [3.8, 4) is 33.4 Å². The second-order valence-corrected chi connectivity index (χ2v) is 23.0. The smallest absolute Gasteiger partial charge is 0.259 e. The van der Waals surface area contributed by atoms with Gasteiger partial charge in [0, 0.05) is 146 Å². The zero-order valence-corrected chi connectivity index (χ0v) is 51.0. The number of nitrogens with one attached hydrogen (secondary N) is 3. The maximum atomic E-state index is 12.4. The van der Waals surface area contributed by atoms with Gasteiger partial charge in [0.05, 0.1) is 16.7 Å². The maximum absolute atomic E-state index is 12.4. The summed E-state index contributed by atoms with van der Waals surface area (Å²) in [5, 5.41) is 9.74. The minimum absolute atomic E-state index is 0.0983. The SMILES string of the molecule is CC(C)(C)c1cccc(-c2ccc(NC(=O)c3cccnc3)nc2)c1.Cc1ncc(C(=O)Nc2ccc(-c3cc(Cl)cc(N4CCN(C)CC4)c3)c(C)n2)cn1.Cc1ncc(C(=O)Nc2ccc(-c3cc(Cl)cc(N4CCN(C)CC4)c3)cn2)cn1. The van der Waals surface area contributed by atoms with E-state index in [1.807, 2.05) is 55.5 Å². The summed E-state index contributed by atoms with van der Waals surface area (Å²) in [4.78, 5) is 79.7. The van der Waals surface area contributed by atoms with E-state index in [9.17, 15) is 14.4 Å². The van der Waals surface area contributed by atoms with Gasteiger partial charge in [-0.2, -0.15) is 0 Å². The molecule has 3 N–H and O–H groups in total. The molecule has 0 atom stereocenters. The number of hydrogen-bond donors (Lipinski definition) is 3. The van der Waals surface area contributed by atoms with Crippen molar-refractivity contribution in [1.82, 2.24) is 49.7 Å². The lowest BCUT2D eigenvalue weighted by molar-refractivity contribution is 0.101. The van der Waals surface area contributed by atoms with Crippen molar-refractivity contribution < 1.29 is 14.4 Å². The Bertz CT molecular complexity index is 3780. The summed E-state index contributed by atoms with van der Waals surface area (Å²) >= 11 is 12.9. The van der Waals surface area contributed by atoms with Crippen LogP contribution in [0, 0.1) is 20.8 Å². The quantitative estimate of drug-likeness (QED) is 0.110. The molecule has 2 aliphatic rings. The highest BCUT2D eigenvalue weighted by Crippen LogP contribution is 2.34. The molecule has 6 aromatic heterocycles. The number of aromatic nitrogens is 8. The lowest BCUT2D eigenvalue weighted by atomic mass is 9.85. The van der Waals surface area contributed by atoms with Crippen molar-refractivity contribution in [1.29, 1.82) is 0 Å².